The van der Waals surface area contributed by atoms with Gasteiger partial charge in [0.05, 0.1) is 6.61 Å². The van der Waals surface area contributed by atoms with Gasteiger partial charge in [0.1, 0.15) is 42.7 Å². The highest BCUT2D eigenvalue weighted by Crippen LogP contribution is 2.19. The Balaban J connectivity index is 2.46. The second-order valence-corrected chi connectivity index (χ2v) is 7.45. The van der Waals surface area contributed by atoms with E-state index in [1.54, 1.807) is 0 Å². The SMILES string of the molecule is O=S(=O)(O)C[C@@H](O)COc1cccc(OC[C@@H](O)COS(=O)(=O)O)c1. The summed E-state index contributed by atoms with van der Waals surface area (Å²) in [5, 5.41) is 18.9. The van der Waals surface area contributed by atoms with Crippen molar-refractivity contribution in [2.24, 2.45) is 0 Å². The minimum atomic E-state index is -4.66. The van der Waals surface area contributed by atoms with Gasteiger partial charge in [0.15, 0.2) is 0 Å². The van der Waals surface area contributed by atoms with Crippen LogP contribution in [0.4, 0.5) is 0 Å². The summed E-state index contributed by atoms with van der Waals surface area (Å²) in [5.74, 6) is -0.424. The summed E-state index contributed by atoms with van der Waals surface area (Å²) in [6.45, 7) is -1.44. The smallest absolute Gasteiger partial charge is 0.397 e. The van der Waals surface area contributed by atoms with Crippen molar-refractivity contribution in [3.05, 3.63) is 24.3 Å². The zero-order valence-corrected chi connectivity index (χ0v) is 14.4. The largest absolute Gasteiger partial charge is 0.491 e. The van der Waals surface area contributed by atoms with Gasteiger partial charge in [-0.1, -0.05) is 6.07 Å². The molecule has 13 heteroatoms. The second kappa shape index (κ2) is 9.28. The molecular weight excluding hydrogens is 384 g/mol. The number of aliphatic hydroxyl groups is 2. The van der Waals surface area contributed by atoms with E-state index in [1.807, 2.05) is 0 Å². The Morgan fingerprint density at radius 3 is 1.88 bits per heavy atom. The van der Waals surface area contributed by atoms with E-state index in [0.717, 1.165) is 0 Å². The fraction of sp³-hybridized carbons (Fsp3) is 0.500. The maximum absolute atomic E-state index is 10.6. The number of benzene rings is 1. The van der Waals surface area contributed by atoms with Crippen molar-refractivity contribution >= 4 is 20.5 Å². The first-order valence-corrected chi connectivity index (χ1v) is 9.71. The lowest BCUT2D eigenvalue weighted by Gasteiger charge is -2.14. The average Bonchev–Trinajstić information content (AvgIpc) is 2.47. The standard InChI is InChI=1S/C12H18O11S2/c13-9(7-23-25(18,19)20)5-21-11-2-1-3-12(4-11)22-6-10(14)8-24(15,16)17/h1-4,9-10,13-14H,5-8H2,(H,15,16,17)(H,18,19,20)/t9-,10+/m1/s1. The van der Waals surface area contributed by atoms with Gasteiger partial charge in [0, 0.05) is 6.07 Å². The van der Waals surface area contributed by atoms with Crippen LogP contribution >= 0.6 is 0 Å². The van der Waals surface area contributed by atoms with Crippen molar-refractivity contribution in [3.63, 3.8) is 0 Å². The second-order valence-electron chi connectivity index (χ2n) is 4.87. The first-order chi connectivity index (χ1) is 11.4. The number of rotatable bonds is 11. The molecule has 0 aliphatic carbocycles. The summed E-state index contributed by atoms with van der Waals surface area (Å²) >= 11 is 0. The molecule has 25 heavy (non-hydrogen) atoms. The first kappa shape index (κ1) is 21.6. The minimum Gasteiger partial charge on any atom is -0.491 e. The van der Waals surface area contributed by atoms with E-state index in [2.05, 4.69) is 4.18 Å². The normalized spacial score (nSPS) is 14.7. The van der Waals surface area contributed by atoms with Gasteiger partial charge in [0.25, 0.3) is 10.1 Å². The van der Waals surface area contributed by atoms with E-state index in [-0.39, 0.29) is 18.1 Å². The summed E-state index contributed by atoms with van der Waals surface area (Å²) in [4.78, 5) is 0. The number of hydrogen-bond acceptors (Lipinski definition) is 9. The predicted octanol–water partition coefficient (Wildman–Crippen LogP) is -1.13. The average molecular weight is 402 g/mol. The molecule has 2 atom stereocenters. The van der Waals surface area contributed by atoms with Crippen LogP contribution in [-0.4, -0.2) is 73.9 Å². The Labute approximate surface area is 144 Å². The van der Waals surface area contributed by atoms with Gasteiger partial charge in [-0.3, -0.25) is 9.11 Å². The molecule has 1 aromatic carbocycles. The summed E-state index contributed by atoms with van der Waals surface area (Å²) in [7, 11) is -8.98. The Morgan fingerprint density at radius 2 is 1.40 bits per heavy atom. The number of aliphatic hydroxyl groups excluding tert-OH is 2. The zero-order valence-electron chi connectivity index (χ0n) is 12.8. The maximum atomic E-state index is 10.6. The first-order valence-electron chi connectivity index (χ1n) is 6.73. The molecule has 4 N–H and O–H groups in total. The van der Waals surface area contributed by atoms with Crippen LogP contribution in [0, 0.1) is 0 Å². The van der Waals surface area contributed by atoms with Crippen LogP contribution in [0.2, 0.25) is 0 Å². The highest BCUT2D eigenvalue weighted by molar-refractivity contribution is 7.85. The van der Waals surface area contributed by atoms with Crippen LogP contribution < -0.4 is 9.47 Å². The molecule has 0 aliphatic rings. The summed E-state index contributed by atoms with van der Waals surface area (Å²) < 4.78 is 73.2. The molecule has 1 rings (SSSR count). The van der Waals surface area contributed by atoms with Crippen LogP contribution in [0.5, 0.6) is 11.5 Å². The summed E-state index contributed by atoms with van der Waals surface area (Å²) in [5.41, 5.74) is 0. The lowest BCUT2D eigenvalue weighted by Crippen LogP contribution is -2.26. The maximum Gasteiger partial charge on any atom is 0.397 e. The van der Waals surface area contributed by atoms with E-state index in [9.17, 15) is 27.0 Å². The molecule has 0 heterocycles. The van der Waals surface area contributed by atoms with Crippen LogP contribution in [0.25, 0.3) is 0 Å². The summed E-state index contributed by atoms with van der Waals surface area (Å²) in [6.07, 6.45) is -2.76. The van der Waals surface area contributed by atoms with Crippen LogP contribution in [0.3, 0.4) is 0 Å². The van der Waals surface area contributed by atoms with Crippen LogP contribution in [-0.2, 0) is 24.7 Å². The van der Waals surface area contributed by atoms with Gasteiger partial charge >= 0.3 is 10.4 Å². The molecule has 0 bridgehead atoms. The molecule has 11 nitrogen and oxygen atoms in total. The van der Waals surface area contributed by atoms with Crippen molar-refractivity contribution < 1.29 is 49.8 Å². The molecule has 0 saturated heterocycles. The van der Waals surface area contributed by atoms with Gasteiger partial charge in [-0.25, -0.2) is 4.18 Å². The quantitative estimate of drug-likeness (QED) is 0.329. The molecule has 0 aliphatic heterocycles. The Hall–Kier alpha value is -1.48. The third-order valence-electron chi connectivity index (χ3n) is 2.50. The Kier molecular flexibility index (Phi) is 8.01. The monoisotopic (exact) mass is 402 g/mol. The van der Waals surface area contributed by atoms with Crippen molar-refractivity contribution in [3.8, 4) is 11.5 Å². The molecule has 0 unspecified atom stereocenters. The van der Waals surface area contributed by atoms with Gasteiger partial charge in [-0.05, 0) is 12.1 Å². The molecule has 0 radical (unpaired) electrons. The summed E-state index contributed by atoms with van der Waals surface area (Å²) in [6, 6.07) is 5.88. The van der Waals surface area contributed by atoms with Crippen LogP contribution in [0.1, 0.15) is 0 Å². The van der Waals surface area contributed by atoms with E-state index >= 15 is 0 Å². The van der Waals surface area contributed by atoms with Gasteiger partial charge in [-0.15, -0.1) is 0 Å². The molecule has 1 aromatic rings. The number of ether oxygens (including phenoxy) is 2. The van der Waals surface area contributed by atoms with Gasteiger partial charge < -0.3 is 19.7 Å². The van der Waals surface area contributed by atoms with Crippen LogP contribution in [0.15, 0.2) is 24.3 Å². The molecule has 0 amide bonds. The van der Waals surface area contributed by atoms with E-state index in [0.29, 0.717) is 0 Å². The fourth-order valence-electron chi connectivity index (χ4n) is 1.54. The Bertz CT molecular complexity index is 744. The minimum absolute atomic E-state index is 0.218. The van der Waals surface area contributed by atoms with E-state index < -0.39 is 51.7 Å². The van der Waals surface area contributed by atoms with Crippen molar-refractivity contribution in [1.29, 1.82) is 0 Å². The Morgan fingerprint density at radius 1 is 0.880 bits per heavy atom. The highest BCUT2D eigenvalue weighted by atomic mass is 32.3. The molecule has 0 saturated carbocycles. The van der Waals surface area contributed by atoms with Crippen molar-refractivity contribution in [2.45, 2.75) is 12.2 Å². The molecule has 0 fully saturated rings. The lowest BCUT2D eigenvalue weighted by molar-refractivity contribution is 0.0602. The van der Waals surface area contributed by atoms with E-state index in [1.165, 1.54) is 24.3 Å². The molecule has 0 aromatic heterocycles. The van der Waals surface area contributed by atoms with Gasteiger partial charge in [0.2, 0.25) is 0 Å². The predicted molar refractivity (Wildman–Crippen MR) is 83.4 cm³/mol. The highest BCUT2D eigenvalue weighted by Gasteiger charge is 2.15. The molecular formula is C12H18O11S2. The lowest BCUT2D eigenvalue weighted by atomic mass is 10.3. The number of hydrogen-bond donors (Lipinski definition) is 4. The third kappa shape index (κ3) is 10.9. The topological polar surface area (TPSA) is 177 Å². The van der Waals surface area contributed by atoms with E-state index in [4.69, 9.17) is 18.6 Å². The van der Waals surface area contributed by atoms with Gasteiger partial charge in [-0.2, -0.15) is 16.8 Å². The molecule has 0 spiro atoms. The third-order valence-corrected chi connectivity index (χ3v) is 3.74. The zero-order chi connectivity index (χ0) is 19.1. The van der Waals surface area contributed by atoms with Crippen molar-refractivity contribution in [2.75, 3.05) is 25.6 Å². The fourth-order valence-corrected chi connectivity index (χ4v) is 2.45. The van der Waals surface area contributed by atoms with Crippen molar-refractivity contribution in [1.82, 2.24) is 0 Å². The molecule has 144 valence electrons.